The van der Waals surface area contributed by atoms with E-state index < -0.39 is 0 Å². The van der Waals surface area contributed by atoms with Crippen LogP contribution in [-0.2, 0) is 4.79 Å². The highest BCUT2D eigenvalue weighted by Gasteiger charge is 2.30. The molecule has 0 atom stereocenters. The van der Waals surface area contributed by atoms with Crippen molar-refractivity contribution in [3.8, 4) is 0 Å². The molecule has 0 saturated carbocycles. The van der Waals surface area contributed by atoms with Gasteiger partial charge >= 0.3 is 0 Å². The monoisotopic (exact) mass is 219 g/mol. The Morgan fingerprint density at radius 3 is 2.50 bits per heavy atom. The number of likely N-dealkylation sites (tertiary alicyclic amines) is 1. The van der Waals surface area contributed by atoms with Crippen LogP contribution < -0.4 is 0 Å². The third-order valence-corrected chi connectivity index (χ3v) is 3.20. The van der Waals surface area contributed by atoms with Crippen molar-refractivity contribution < 1.29 is 9.90 Å². The second kappa shape index (κ2) is 4.99. The summed E-state index contributed by atoms with van der Waals surface area (Å²) in [6.07, 6.45) is 2.20. The van der Waals surface area contributed by atoms with E-state index in [4.69, 9.17) is 16.7 Å². The quantitative estimate of drug-likeness (QED) is 0.726. The lowest BCUT2D eigenvalue weighted by Crippen LogP contribution is -2.43. The van der Waals surface area contributed by atoms with Gasteiger partial charge in [-0.1, -0.05) is 6.92 Å². The predicted octanol–water partition coefficient (Wildman–Crippen LogP) is 1.24. The number of nitrogens with zero attached hydrogens (tertiary/aromatic N) is 1. The van der Waals surface area contributed by atoms with Crippen LogP contribution in [0.3, 0.4) is 0 Å². The van der Waals surface area contributed by atoms with E-state index in [1.54, 1.807) is 0 Å². The number of piperidine rings is 1. The zero-order chi connectivity index (χ0) is 10.6. The lowest BCUT2D eigenvalue weighted by atomic mass is 9.81. The number of hydrogen-bond donors (Lipinski definition) is 1. The topological polar surface area (TPSA) is 40.5 Å². The van der Waals surface area contributed by atoms with E-state index in [0.717, 1.165) is 25.9 Å². The summed E-state index contributed by atoms with van der Waals surface area (Å²) < 4.78 is 0. The Labute approximate surface area is 90.0 Å². The maximum atomic E-state index is 11.5. The van der Waals surface area contributed by atoms with Crippen molar-refractivity contribution in [2.45, 2.75) is 26.2 Å². The number of aliphatic hydroxyl groups is 1. The Bertz CT molecular complexity index is 200. The minimum absolute atomic E-state index is 0.0117. The molecule has 0 bridgehead atoms. The summed E-state index contributed by atoms with van der Waals surface area (Å²) in [5.41, 5.74) is 0.0117. The molecule has 0 aromatic rings. The van der Waals surface area contributed by atoms with Gasteiger partial charge in [-0.05, 0) is 18.3 Å². The van der Waals surface area contributed by atoms with E-state index >= 15 is 0 Å². The van der Waals surface area contributed by atoms with E-state index in [9.17, 15) is 4.79 Å². The third kappa shape index (κ3) is 2.85. The summed E-state index contributed by atoms with van der Waals surface area (Å²) in [5.74, 6) is 0.534. The molecular formula is C10H18ClNO2. The van der Waals surface area contributed by atoms with Gasteiger partial charge in [0.25, 0.3) is 0 Å². The maximum absolute atomic E-state index is 11.5. The molecule has 0 radical (unpaired) electrons. The van der Waals surface area contributed by atoms with Crippen LogP contribution in [0, 0.1) is 5.41 Å². The van der Waals surface area contributed by atoms with Crippen LogP contribution in [0.2, 0.25) is 0 Å². The van der Waals surface area contributed by atoms with Crippen molar-refractivity contribution in [2.24, 2.45) is 5.41 Å². The summed E-state index contributed by atoms with van der Waals surface area (Å²) >= 11 is 5.51. The minimum Gasteiger partial charge on any atom is -0.396 e. The van der Waals surface area contributed by atoms with Crippen molar-refractivity contribution in [1.29, 1.82) is 0 Å². The number of aliphatic hydroxyl groups excluding tert-OH is 1. The zero-order valence-electron chi connectivity index (χ0n) is 8.63. The highest BCUT2D eigenvalue weighted by molar-refractivity contribution is 6.18. The Hall–Kier alpha value is -0.280. The average molecular weight is 220 g/mol. The van der Waals surface area contributed by atoms with E-state index in [-0.39, 0.29) is 17.9 Å². The van der Waals surface area contributed by atoms with Gasteiger partial charge in [-0.3, -0.25) is 4.79 Å². The molecule has 0 unspecified atom stereocenters. The number of carbonyl (C=O) groups excluding carboxylic acids is 1. The van der Waals surface area contributed by atoms with E-state index in [1.165, 1.54) is 0 Å². The number of carbonyl (C=O) groups is 1. The van der Waals surface area contributed by atoms with Gasteiger partial charge < -0.3 is 10.0 Å². The zero-order valence-corrected chi connectivity index (χ0v) is 9.39. The van der Waals surface area contributed by atoms with Gasteiger partial charge in [-0.2, -0.15) is 0 Å². The summed E-state index contributed by atoms with van der Waals surface area (Å²) in [5, 5.41) is 9.15. The lowest BCUT2D eigenvalue weighted by Gasteiger charge is -2.38. The van der Waals surface area contributed by atoms with Gasteiger partial charge in [0, 0.05) is 32.0 Å². The van der Waals surface area contributed by atoms with Gasteiger partial charge in [0.1, 0.15) is 0 Å². The first kappa shape index (κ1) is 11.8. The lowest BCUT2D eigenvalue weighted by molar-refractivity contribution is -0.133. The number of rotatable bonds is 3. The molecule has 0 spiro atoms. The first-order chi connectivity index (χ1) is 6.61. The Morgan fingerprint density at radius 1 is 1.50 bits per heavy atom. The largest absolute Gasteiger partial charge is 0.396 e. The molecule has 1 heterocycles. The van der Waals surface area contributed by atoms with Gasteiger partial charge in [-0.15, -0.1) is 11.6 Å². The second-order valence-electron chi connectivity index (χ2n) is 4.29. The normalized spacial score (nSPS) is 20.9. The first-order valence-electron chi connectivity index (χ1n) is 5.06. The minimum atomic E-state index is 0.0117. The predicted molar refractivity (Wildman–Crippen MR) is 56.3 cm³/mol. The van der Waals surface area contributed by atoms with Gasteiger partial charge in [-0.25, -0.2) is 0 Å². The molecule has 0 aromatic carbocycles. The molecule has 0 aliphatic carbocycles. The molecular weight excluding hydrogens is 202 g/mol. The van der Waals surface area contributed by atoms with E-state index in [0.29, 0.717) is 12.3 Å². The van der Waals surface area contributed by atoms with Gasteiger partial charge in [0.2, 0.25) is 5.91 Å². The highest BCUT2D eigenvalue weighted by atomic mass is 35.5. The molecule has 4 heteroatoms. The Balaban J connectivity index is 2.39. The smallest absolute Gasteiger partial charge is 0.223 e. The van der Waals surface area contributed by atoms with Crippen LogP contribution in [0.1, 0.15) is 26.2 Å². The SMILES string of the molecule is CC1(CO)CCN(C(=O)CCCl)CC1. The van der Waals surface area contributed by atoms with Crippen molar-refractivity contribution in [3.05, 3.63) is 0 Å². The fourth-order valence-corrected chi connectivity index (χ4v) is 1.85. The number of halogens is 1. The van der Waals surface area contributed by atoms with Gasteiger partial charge in [0.15, 0.2) is 0 Å². The van der Waals surface area contributed by atoms with E-state index in [1.807, 2.05) is 4.90 Å². The Kier molecular flexibility index (Phi) is 4.20. The standard InChI is InChI=1S/C10H18ClNO2/c1-10(8-13)3-6-12(7-4-10)9(14)2-5-11/h13H,2-8H2,1H3. The molecule has 14 heavy (non-hydrogen) atoms. The number of hydrogen-bond acceptors (Lipinski definition) is 2. The maximum Gasteiger partial charge on any atom is 0.223 e. The molecule has 82 valence electrons. The van der Waals surface area contributed by atoms with Crippen LogP contribution in [0.25, 0.3) is 0 Å². The van der Waals surface area contributed by atoms with Crippen LogP contribution >= 0.6 is 11.6 Å². The molecule has 0 aromatic heterocycles. The average Bonchev–Trinajstić information content (AvgIpc) is 2.19. The second-order valence-corrected chi connectivity index (χ2v) is 4.67. The summed E-state index contributed by atoms with van der Waals surface area (Å²) in [6, 6.07) is 0. The Morgan fingerprint density at radius 2 is 2.07 bits per heavy atom. The van der Waals surface area contributed by atoms with Crippen LogP contribution in [0.5, 0.6) is 0 Å². The fraction of sp³-hybridized carbons (Fsp3) is 0.900. The van der Waals surface area contributed by atoms with Crippen molar-refractivity contribution in [1.82, 2.24) is 4.90 Å². The van der Waals surface area contributed by atoms with Crippen LogP contribution in [0.15, 0.2) is 0 Å². The summed E-state index contributed by atoms with van der Waals surface area (Å²) in [6.45, 7) is 3.79. The molecule has 1 amide bonds. The van der Waals surface area contributed by atoms with Crippen molar-refractivity contribution in [3.63, 3.8) is 0 Å². The number of amides is 1. The fourth-order valence-electron chi connectivity index (χ4n) is 1.69. The van der Waals surface area contributed by atoms with Crippen molar-refractivity contribution in [2.75, 3.05) is 25.6 Å². The summed E-state index contributed by atoms with van der Waals surface area (Å²) in [7, 11) is 0. The molecule has 1 fully saturated rings. The molecule has 1 saturated heterocycles. The van der Waals surface area contributed by atoms with E-state index in [2.05, 4.69) is 6.92 Å². The molecule has 1 N–H and O–H groups in total. The molecule has 3 nitrogen and oxygen atoms in total. The molecule has 1 aliphatic rings. The van der Waals surface area contributed by atoms with Crippen LogP contribution in [-0.4, -0.2) is 41.5 Å². The van der Waals surface area contributed by atoms with Crippen molar-refractivity contribution >= 4 is 17.5 Å². The molecule has 1 aliphatic heterocycles. The highest BCUT2D eigenvalue weighted by Crippen LogP contribution is 2.30. The van der Waals surface area contributed by atoms with Gasteiger partial charge in [0.05, 0.1) is 0 Å². The number of alkyl halides is 1. The summed E-state index contributed by atoms with van der Waals surface area (Å²) in [4.78, 5) is 13.3. The van der Waals surface area contributed by atoms with Crippen LogP contribution in [0.4, 0.5) is 0 Å². The molecule has 1 rings (SSSR count). The third-order valence-electron chi connectivity index (χ3n) is 3.01. The first-order valence-corrected chi connectivity index (χ1v) is 5.59.